The molecule has 0 saturated heterocycles. The first-order valence-electron chi connectivity index (χ1n) is 7.68. The van der Waals surface area contributed by atoms with Crippen molar-refractivity contribution >= 4 is 0 Å². The molecule has 1 aliphatic rings. The minimum atomic E-state index is 0.751. The van der Waals surface area contributed by atoms with Gasteiger partial charge in [-0.3, -0.25) is 0 Å². The van der Waals surface area contributed by atoms with E-state index in [-0.39, 0.29) is 0 Å². The van der Waals surface area contributed by atoms with E-state index in [0.29, 0.717) is 0 Å². The second-order valence-electron chi connectivity index (χ2n) is 5.94. The Morgan fingerprint density at radius 3 is 2.26 bits per heavy atom. The van der Waals surface area contributed by atoms with Crippen LogP contribution in [0.1, 0.15) is 11.1 Å². The summed E-state index contributed by atoms with van der Waals surface area (Å²) in [5.41, 5.74) is 4.56. The molecule has 2 heterocycles. The number of fused-ring (bicyclic) bond motifs is 2. The first kappa shape index (κ1) is 13.8. The predicted molar refractivity (Wildman–Crippen MR) is 89.1 cm³/mol. The van der Waals surface area contributed by atoms with Crippen LogP contribution < -0.4 is 14.0 Å². The van der Waals surface area contributed by atoms with Gasteiger partial charge in [0.05, 0.1) is 5.56 Å². The van der Waals surface area contributed by atoms with Crippen molar-refractivity contribution < 1.29 is 14.0 Å². The highest BCUT2D eigenvalue weighted by Crippen LogP contribution is 2.49. The lowest BCUT2D eigenvalue weighted by Gasteiger charge is -2.23. The van der Waals surface area contributed by atoms with Gasteiger partial charge in [-0.1, -0.05) is 18.2 Å². The average molecular weight is 304 g/mol. The Kier molecular flexibility index (Phi) is 3.08. The average Bonchev–Trinajstić information content (AvgIpc) is 2.54. The first-order valence-corrected chi connectivity index (χ1v) is 7.68. The van der Waals surface area contributed by atoms with E-state index in [2.05, 4.69) is 49.9 Å². The molecule has 3 aromatic rings. The molecule has 4 rings (SSSR count). The maximum Gasteiger partial charge on any atom is 0.216 e. The summed E-state index contributed by atoms with van der Waals surface area (Å²) in [7, 11) is 2.05. The second-order valence-corrected chi connectivity index (χ2v) is 5.94. The van der Waals surface area contributed by atoms with Crippen molar-refractivity contribution in [3.05, 3.63) is 65.9 Å². The molecule has 1 aromatic heterocycles. The number of ether oxygens (including phenoxy) is 2. The standard InChI is InChI=1S/C20H18NO2/c1-13-8-10-15(21(3)12-13)19-14(2)9-11-18-20(19)23-17-7-5-4-6-16(17)22-18/h4-12H,1-3H3/q+1. The number of nitrogens with zero attached hydrogens (tertiary/aromatic N) is 1. The van der Waals surface area contributed by atoms with Crippen LogP contribution in [0.3, 0.4) is 0 Å². The lowest BCUT2D eigenvalue weighted by atomic mass is 10.0. The largest absolute Gasteiger partial charge is 0.449 e. The van der Waals surface area contributed by atoms with E-state index in [0.717, 1.165) is 39.8 Å². The SMILES string of the molecule is Cc1ccc(-c2c(C)ccc3c2Oc2ccccc2O3)[n+](C)c1. The Morgan fingerprint density at radius 1 is 0.783 bits per heavy atom. The van der Waals surface area contributed by atoms with Crippen LogP contribution in [-0.4, -0.2) is 0 Å². The Balaban J connectivity index is 1.93. The molecule has 0 radical (unpaired) electrons. The molecular weight excluding hydrogens is 286 g/mol. The molecule has 1 aliphatic heterocycles. The van der Waals surface area contributed by atoms with Crippen LogP contribution in [0.15, 0.2) is 54.7 Å². The van der Waals surface area contributed by atoms with Crippen molar-refractivity contribution in [2.75, 3.05) is 0 Å². The fourth-order valence-electron chi connectivity index (χ4n) is 3.01. The Hall–Kier alpha value is -2.81. The van der Waals surface area contributed by atoms with E-state index < -0.39 is 0 Å². The van der Waals surface area contributed by atoms with Crippen LogP contribution in [0.4, 0.5) is 0 Å². The van der Waals surface area contributed by atoms with Crippen molar-refractivity contribution in [1.29, 1.82) is 0 Å². The summed E-state index contributed by atoms with van der Waals surface area (Å²) in [5, 5.41) is 0. The molecule has 3 heteroatoms. The molecule has 0 N–H and O–H groups in total. The third-order valence-corrected chi connectivity index (χ3v) is 4.15. The minimum Gasteiger partial charge on any atom is -0.449 e. The van der Waals surface area contributed by atoms with Crippen LogP contribution in [0.5, 0.6) is 23.0 Å². The first-order chi connectivity index (χ1) is 11.1. The summed E-state index contributed by atoms with van der Waals surface area (Å²) in [4.78, 5) is 0. The molecule has 0 fully saturated rings. The summed E-state index contributed by atoms with van der Waals surface area (Å²) in [6, 6.07) is 16.0. The molecule has 0 saturated carbocycles. The van der Waals surface area contributed by atoms with Crippen LogP contribution in [0.25, 0.3) is 11.3 Å². The lowest BCUT2D eigenvalue weighted by molar-refractivity contribution is -0.660. The number of aryl methyl sites for hydroxylation is 3. The summed E-state index contributed by atoms with van der Waals surface area (Å²) >= 11 is 0. The topological polar surface area (TPSA) is 22.3 Å². The number of pyridine rings is 1. The zero-order chi connectivity index (χ0) is 16.0. The highest BCUT2D eigenvalue weighted by Gasteiger charge is 2.26. The Labute approximate surface area is 135 Å². The van der Waals surface area contributed by atoms with Crippen molar-refractivity contribution in [2.24, 2.45) is 7.05 Å². The normalized spacial score (nSPS) is 12.0. The van der Waals surface area contributed by atoms with Gasteiger partial charge in [-0.05, 0) is 43.7 Å². The fraction of sp³-hybridized carbons (Fsp3) is 0.150. The number of hydrogen-bond donors (Lipinski definition) is 0. The minimum absolute atomic E-state index is 0.751. The van der Waals surface area contributed by atoms with Crippen molar-refractivity contribution in [3.63, 3.8) is 0 Å². The number of hydrogen-bond acceptors (Lipinski definition) is 2. The third-order valence-electron chi connectivity index (χ3n) is 4.15. The Bertz CT molecular complexity index is 916. The number of aromatic nitrogens is 1. The molecule has 0 bridgehead atoms. The maximum absolute atomic E-state index is 6.19. The summed E-state index contributed by atoms with van der Waals surface area (Å²) in [6.07, 6.45) is 2.12. The van der Waals surface area contributed by atoms with Crippen LogP contribution in [0, 0.1) is 13.8 Å². The maximum atomic E-state index is 6.19. The smallest absolute Gasteiger partial charge is 0.216 e. The van der Waals surface area contributed by atoms with Gasteiger partial charge < -0.3 is 9.47 Å². The van der Waals surface area contributed by atoms with E-state index in [1.54, 1.807) is 0 Å². The zero-order valence-electron chi connectivity index (χ0n) is 13.5. The van der Waals surface area contributed by atoms with E-state index in [9.17, 15) is 0 Å². The summed E-state index contributed by atoms with van der Waals surface area (Å²) in [6.45, 7) is 4.19. The quantitative estimate of drug-likeness (QED) is 0.476. The van der Waals surface area contributed by atoms with Gasteiger partial charge in [0, 0.05) is 11.6 Å². The van der Waals surface area contributed by atoms with Gasteiger partial charge >= 0.3 is 0 Å². The van der Waals surface area contributed by atoms with Crippen molar-refractivity contribution in [1.82, 2.24) is 0 Å². The van der Waals surface area contributed by atoms with Crippen LogP contribution >= 0.6 is 0 Å². The van der Waals surface area contributed by atoms with Gasteiger partial charge in [0.25, 0.3) is 0 Å². The molecule has 3 nitrogen and oxygen atoms in total. The lowest BCUT2D eigenvalue weighted by Crippen LogP contribution is -2.31. The molecule has 0 amide bonds. The van der Waals surface area contributed by atoms with Gasteiger partial charge in [0.1, 0.15) is 7.05 Å². The number of benzene rings is 2. The molecular formula is C20H18NO2+. The van der Waals surface area contributed by atoms with E-state index in [1.807, 2.05) is 30.3 Å². The summed E-state index contributed by atoms with van der Waals surface area (Å²) < 4.78 is 14.3. The second kappa shape index (κ2) is 5.13. The molecule has 0 spiro atoms. The highest BCUT2D eigenvalue weighted by atomic mass is 16.6. The van der Waals surface area contributed by atoms with Crippen molar-refractivity contribution in [3.8, 4) is 34.3 Å². The molecule has 23 heavy (non-hydrogen) atoms. The number of rotatable bonds is 1. The molecule has 0 unspecified atom stereocenters. The Morgan fingerprint density at radius 2 is 1.52 bits per heavy atom. The van der Waals surface area contributed by atoms with Crippen LogP contribution in [0.2, 0.25) is 0 Å². The van der Waals surface area contributed by atoms with Gasteiger partial charge in [0.2, 0.25) is 5.69 Å². The zero-order valence-corrected chi connectivity index (χ0v) is 13.5. The fourth-order valence-corrected chi connectivity index (χ4v) is 3.01. The van der Waals surface area contributed by atoms with E-state index in [1.165, 1.54) is 5.56 Å². The predicted octanol–water partition coefficient (Wildman–Crippen LogP) is 4.69. The molecule has 0 aliphatic carbocycles. The van der Waals surface area contributed by atoms with Crippen LogP contribution in [-0.2, 0) is 7.05 Å². The van der Waals surface area contributed by atoms with E-state index in [4.69, 9.17) is 9.47 Å². The molecule has 0 atom stereocenters. The van der Waals surface area contributed by atoms with Gasteiger partial charge in [-0.25, -0.2) is 4.57 Å². The van der Waals surface area contributed by atoms with Gasteiger partial charge in [-0.2, -0.15) is 0 Å². The van der Waals surface area contributed by atoms with Gasteiger partial charge in [-0.15, -0.1) is 0 Å². The molecule has 2 aromatic carbocycles. The molecule has 114 valence electrons. The monoisotopic (exact) mass is 304 g/mol. The van der Waals surface area contributed by atoms with E-state index >= 15 is 0 Å². The van der Waals surface area contributed by atoms with Crippen molar-refractivity contribution in [2.45, 2.75) is 13.8 Å². The van der Waals surface area contributed by atoms with Gasteiger partial charge in [0.15, 0.2) is 29.2 Å². The number of para-hydroxylation sites is 2. The highest BCUT2D eigenvalue weighted by molar-refractivity contribution is 5.75. The third kappa shape index (κ3) is 2.25. The summed E-state index contributed by atoms with van der Waals surface area (Å²) in [5.74, 6) is 3.04.